The van der Waals surface area contributed by atoms with Gasteiger partial charge in [-0.1, -0.05) is 12.1 Å². The number of halogens is 1. The molecule has 0 aromatic heterocycles. The Balaban J connectivity index is 1.89. The molecule has 0 spiro atoms. The standard InChI is InChI=1S/C16H14BrN3O3/c1-23-12-8-6-11(7-9-12)10-18-20-16(22)15(21)19-14-5-3-2-4-13(14)17/h2-10H,1H3,(H,19,21)(H,20,22)/b18-10-. The zero-order chi connectivity index (χ0) is 16.7. The number of anilines is 1. The minimum absolute atomic E-state index is 0.506. The van der Waals surface area contributed by atoms with Crippen molar-refractivity contribution in [3.05, 3.63) is 58.6 Å². The van der Waals surface area contributed by atoms with E-state index < -0.39 is 11.8 Å². The zero-order valence-corrected chi connectivity index (χ0v) is 13.8. The third-order valence-electron chi connectivity index (χ3n) is 2.82. The summed E-state index contributed by atoms with van der Waals surface area (Å²) in [5.74, 6) is -0.937. The molecule has 2 N–H and O–H groups in total. The zero-order valence-electron chi connectivity index (χ0n) is 12.2. The van der Waals surface area contributed by atoms with Gasteiger partial charge in [-0.25, -0.2) is 5.43 Å². The van der Waals surface area contributed by atoms with Gasteiger partial charge in [-0.2, -0.15) is 5.10 Å². The molecule has 0 aliphatic rings. The third kappa shape index (κ3) is 4.93. The van der Waals surface area contributed by atoms with Gasteiger partial charge in [0.2, 0.25) is 0 Å². The molecule has 118 valence electrons. The highest BCUT2D eigenvalue weighted by molar-refractivity contribution is 9.10. The average molecular weight is 376 g/mol. The van der Waals surface area contributed by atoms with Gasteiger partial charge >= 0.3 is 11.8 Å². The van der Waals surface area contributed by atoms with E-state index >= 15 is 0 Å². The van der Waals surface area contributed by atoms with Gasteiger partial charge in [0, 0.05) is 4.47 Å². The van der Waals surface area contributed by atoms with Gasteiger partial charge in [0.15, 0.2) is 0 Å². The number of hydrogen-bond donors (Lipinski definition) is 2. The smallest absolute Gasteiger partial charge is 0.329 e. The van der Waals surface area contributed by atoms with Crippen molar-refractivity contribution >= 4 is 39.6 Å². The quantitative estimate of drug-likeness (QED) is 0.489. The molecule has 23 heavy (non-hydrogen) atoms. The van der Waals surface area contributed by atoms with Crippen LogP contribution in [0.1, 0.15) is 5.56 Å². The number of rotatable bonds is 4. The highest BCUT2D eigenvalue weighted by atomic mass is 79.9. The fraction of sp³-hybridized carbons (Fsp3) is 0.0625. The number of hydrazone groups is 1. The van der Waals surface area contributed by atoms with E-state index in [2.05, 4.69) is 31.8 Å². The van der Waals surface area contributed by atoms with Crippen molar-refractivity contribution in [1.82, 2.24) is 5.43 Å². The summed E-state index contributed by atoms with van der Waals surface area (Å²) in [6.45, 7) is 0. The lowest BCUT2D eigenvalue weighted by molar-refractivity contribution is -0.136. The first-order chi connectivity index (χ1) is 11.1. The predicted octanol–water partition coefficient (Wildman–Crippen LogP) is 2.55. The maximum absolute atomic E-state index is 11.8. The van der Waals surface area contributed by atoms with Crippen molar-refractivity contribution in [3.8, 4) is 5.75 Å². The summed E-state index contributed by atoms with van der Waals surface area (Å²) < 4.78 is 5.72. The van der Waals surface area contributed by atoms with Crippen LogP contribution in [0.5, 0.6) is 5.75 Å². The number of hydrogen-bond acceptors (Lipinski definition) is 4. The second-order valence-electron chi connectivity index (χ2n) is 4.41. The van der Waals surface area contributed by atoms with Gasteiger partial charge in [-0.15, -0.1) is 0 Å². The van der Waals surface area contributed by atoms with Crippen LogP contribution in [0.25, 0.3) is 0 Å². The lowest BCUT2D eigenvalue weighted by Crippen LogP contribution is -2.32. The monoisotopic (exact) mass is 375 g/mol. The third-order valence-corrected chi connectivity index (χ3v) is 3.52. The molecule has 0 saturated carbocycles. The van der Waals surface area contributed by atoms with Crippen molar-refractivity contribution < 1.29 is 14.3 Å². The summed E-state index contributed by atoms with van der Waals surface area (Å²) in [5.41, 5.74) is 3.44. The van der Waals surface area contributed by atoms with Crippen LogP contribution in [0.2, 0.25) is 0 Å². The van der Waals surface area contributed by atoms with E-state index in [9.17, 15) is 9.59 Å². The molecule has 2 aromatic rings. The maximum atomic E-state index is 11.8. The first-order valence-electron chi connectivity index (χ1n) is 6.63. The van der Waals surface area contributed by atoms with Crippen LogP contribution >= 0.6 is 15.9 Å². The predicted molar refractivity (Wildman–Crippen MR) is 91.5 cm³/mol. The normalized spacial score (nSPS) is 10.3. The fourth-order valence-corrected chi connectivity index (χ4v) is 2.03. The number of nitrogens with one attached hydrogen (secondary N) is 2. The molecule has 2 aromatic carbocycles. The van der Waals surface area contributed by atoms with Crippen molar-refractivity contribution in [1.29, 1.82) is 0 Å². The van der Waals surface area contributed by atoms with Crippen LogP contribution in [0.3, 0.4) is 0 Å². The Kier molecular flexibility index (Phi) is 5.87. The van der Waals surface area contributed by atoms with Crippen LogP contribution in [0.4, 0.5) is 5.69 Å². The second kappa shape index (κ2) is 8.09. The molecule has 0 saturated heterocycles. The number of para-hydroxylation sites is 1. The van der Waals surface area contributed by atoms with E-state index in [1.165, 1.54) is 6.21 Å². The lowest BCUT2D eigenvalue weighted by atomic mass is 10.2. The molecule has 0 atom stereocenters. The van der Waals surface area contributed by atoms with Crippen LogP contribution in [0.15, 0.2) is 58.1 Å². The Bertz CT molecular complexity index is 730. The lowest BCUT2D eigenvalue weighted by Gasteiger charge is -2.05. The van der Waals surface area contributed by atoms with Gasteiger partial charge < -0.3 is 10.1 Å². The summed E-state index contributed by atoms with van der Waals surface area (Å²) in [7, 11) is 1.58. The number of benzene rings is 2. The van der Waals surface area contributed by atoms with Crippen LogP contribution < -0.4 is 15.5 Å². The molecule has 7 heteroatoms. The topological polar surface area (TPSA) is 79.8 Å². The van der Waals surface area contributed by atoms with Crippen LogP contribution in [-0.4, -0.2) is 25.1 Å². The highest BCUT2D eigenvalue weighted by Gasteiger charge is 2.13. The minimum atomic E-state index is -0.856. The summed E-state index contributed by atoms with van der Waals surface area (Å²) in [6.07, 6.45) is 1.43. The Hall–Kier alpha value is -2.67. The van der Waals surface area contributed by atoms with Gasteiger partial charge in [-0.05, 0) is 57.9 Å². The molecule has 0 unspecified atom stereocenters. The Morgan fingerprint density at radius 1 is 1.09 bits per heavy atom. The number of amides is 2. The first kappa shape index (κ1) is 16.7. The molecular formula is C16H14BrN3O3. The van der Waals surface area contributed by atoms with E-state index in [1.54, 1.807) is 55.6 Å². The van der Waals surface area contributed by atoms with E-state index in [1.807, 2.05) is 0 Å². The number of methoxy groups -OCH3 is 1. The van der Waals surface area contributed by atoms with Crippen molar-refractivity contribution in [3.63, 3.8) is 0 Å². The Morgan fingerprint density at radius 2 is 1.78 bits per heavy atom. The molecule has 0 fully saturated rings. The molecule has 0 heterocycles. The number of nitrogens with zero attached hydrogens (tertiary/aromatic N) is 1. The van der Waals surface area contributed by atoms with Gasteiger partial charge in [0.1, 0.15) is 5.75 Å². The van der Waals surface area contributed by atoms with Gasteiger partial charge in [0.25, 0.3) is 0 Å². The SMILES string of the molecule is COc1ccc(/C=N\NC(=O)C(=O)Nc2ccccc2Br)cc1. The molecule has 0 bridgehead atoms. The summed E-state index contributed by atoms with van der Waals surface area (Å²) >= 11 is 3.28. The van der Waals surface area contributed by atoms with Crippen molar-refractivity contribution in [2.24, 2.45) is 5.10 Å². The number of carbonyl (C=O) groups is 2. The number of ether oxygens (including phenoxy) is 1. The molecule has 0 radical (unpaired) electrons. The van der Waals surface area contributed by atoms with Crippen LogP contribution in [-0.2, 0) is 9.59 Å². The molecule has 0 aliphatic carbocycles. The van der Waals surface area contributed by atoms with E-state index in [4.69, 9.17) is 4.74 Å². The minimum Gasteiger partial charge on any atom is -0.497 e. The maximum Gasteiger partial charge on any atom is 0.329 e. The average Bonchev–Trinajstić information content (AvgIpc) is 2.57. The van der Waals surface area contributed by atoms with E-state index in [-0.39, 0.29) is 0 Å². The van der Waals surface area contributed by atoms with Gasteiger partial charge in [0.05, 0.1) is 19.0 Å². The molecule has 6 nitrogen and oxygen atoms in total. The molecule has 2 amide bonds. The summed E-state index contributed by atoms with van der Waals surface area (Å²) in [4.78, 5) is 23.4. The fourth-order valence-electron chi connectivity index (χ4n) is 1.65. The largest absolute Gasteiger partial charge is 0.497 e. The van der Waals surface area contributed by atoms with Gasteiger partial charge in [-0.3, -0.25) is 9.59 Å². The summed E-state index contributed by atoms with van der Waals surface area (Å²) in [6, 6.07) is 14.1. The van der Waals surface area contributed by atoms with Crippen molar-refractivity contribution in [2.45, 2.75) is 0 Å². The van der Waals surface area contributed by atoms with Crippen molar-refractivity contribution in [2.75, 3.05) is 12.4 Å². The first-order valence-corrected chi connectivity index (χ1v) is 7.42. The molecular weight excluding hydrogens is 362 g/mol. The number of carbonyl (C=O) groups excluding carboxylic acids is 2. The van der Waals surface area contributed by atoms with E-state index in [0.717, 1.165) is 11.3 Å². The Morgan fingerprint density at radius 3 is 2.43 bits per heavy atom. The highest BCUT2D eigenvalue weighted by Crippen LogP contribution is 2.20. The Labute approximate surface area is 141 Å². The molecule has 2 rings (SSSR count). The molecule has 0 aliphatic heterocycles. The summed E-state index contributed by atoms with van der Waals surface area (Å²) in [5, 5.41) is 6.23. The van der Waals surface area contributed by atoms with Crippen LogP contribution in [0, 0.1) is 0 Å². The van der Waals surface area contributed by atoms with E-state index in [0.29, 0.717) is 10.2 Å². The second-order valence-corrected chi connectivity index (χ2v) is 5.26.